The molecule has 2 aromatic rings. The van der Waals surface area contributed by atoms with E-state index in [4.69, 9.17) is 4.74 Å². The standard InChI is InChI=1S/C14H17N3O2/c1-4-11-9-12(14(18)19-5-2)17(16-11)13-10(3)7-6-8-15-13/h6-9H,4-5H2,1-3H3. The second kappa shape index (κ2) is 5.65. The molecule has 0 radical (unpaired) electrons. The van der Waals surface area contributed by atoms with E-state index in [1.54, 1.807) is 23.9 Å². The minimum absolute atomic E-state index is 0.340. The number of aromatic nitrogens is 3. The fourth-order valence-corrected chi connectivity index (χ4v) is 1.81. The largest absolute Gasteiger partial charge is 0.461 e. The molecule has 19 heavy (non-hydrogen) atoms. The first-order valence-electron chi connectivity index (χ1n) is 6.35. The highest BCUT2D eigenvalue weighted by molar-refractivity contribution is 5.88. The van der Waals surface area contributed by atoms with Crippen LogP contribution < -0.4 is 0 Å². The lowest BCUT2D eigenvalue weighted by Crippen LogP contribution is -2.13. The topological polar surface area (TPSA) is 57.0 Å². The van der Waals surface area contributed by atoms with E-state index in [0.717, 1.165) is 17.7 Å². The van der Waals surface area contributed by atoms with E-state index < -0.39 is 0 Å². The summed E-state index contributed by atoms with van der Waals surface area (Å²) >= 11 is 0. The number of hydrogen-bond acceptors (Lipinski definition) is 4. The molecule has 0 spiro atoms. The van der Waals surface area contributed by atoms with Gasteiger partial charge >= 0.3 is 5.97 Å². The molecule has 2 heterocycles. The van der Waals surface area contributed by atoms with E-state index in [9.17, 15) is 4.79 Å². The number of nitrogens with zero attached hydrogens (tertiary/aromatic N) is 3. The van der Waals surface area contributed by atoms with Gasteiger partial charge in [-0.05, 0) is 38.0 Å². The number of pyridine rings is 1. The molecule has 5 heteroatoms. The molecule has 0 amide bonds. The van der Waals surface area contributed by atoms with Crippen LogP contribution in [0, 0.1) is 6.92 Å². The molecule has 100 valence electrons. The Morgan fingerprint density at radius 1 is 1.42 bits per heavy atom. The summed E-state index contributed by atoms with van der Waals surface area (Å²) in [5.74, 6) is 0.282. The van der Waals surface area contributed by atoms with E-state index in [-0.39, 0.29) is 5.97 Å². The Morgan fingerprint density at radius 3 is 2.84 bits per heavy atom. The zero-order valence-corrected chi connectivity index (χ0v) is 11.4. The van der Waals surface area contributed by atoms with E-state index in [1.165, 1.54) is 0 Å². The number of rotatable bonds is 4. The average molecular weight is 259 g/mol. The molecule has 0 fully saturated rings. The lowest BCUT2D eigenvalue weighted by molar-refractivity contribution is 0.0515. The van der Waals surface area contributed by atoms with Crippen molar-refractivity contribution in [3.05, 3.63) is 41.3 Å². The van der Waals surface area contributed by atoms with Gasteiger partial charge in [0.2, 0.25) is 0 Å². The van der Waals surface area contributed by atoms with Gasteiger partial charge in [-0.15, -0.1) is 0 Å². The molecule has 0 atom stereocenters. The van der Waals surface area contributed by atoms with Crippen LogP contribution in [-0.4, -0.2) is 27.3 Å². The zero-order valence-electron chi connectivity index (χ0n) is 11.4. The molecular formula is C14H17N3O2. The number of hydrogen-bond donors (Lipinski definition) is 0. The summed E-state index contributed by atoms with van der Waals surface area (Å²) in [7, 11) is 0. The van der Waals surface area contributed by atoms with Crippen LogP contribution in [0.15, 0.2) is 24.4 Å². The summed E-state index contributed by atoms with van der Waals surface area (Å²) in [6.45, 7) is 6.05. The zero-order chi connectivity index (χ0) is 13.8. The van der Waals surface area contributed by atoms with Crippen molar-refractivity contribution in [3.8, 4) is 5.82 Å². The van der Waals surface area contributed by atoms with Crippen LogP contribution in [0.25, 0.3) is 5.82 Å². The maximum absolute atomic E-state index is 12.0. The van der Waals surface area contributed by atoms with Crippen LogP contribution in [0.2, 0.25) is 0 Å². The van der Waals surface area contributed by atoms with Crippen LogP contribution in [0.3, 0.4) is 0 Å². The Kier molecular flexibility index (Phi) is 3.94. The summed E-state index contributed by atoms with van der Waals surface area (Å²) < 4.78 is 6.62. The minimum Gasteiger partial charge on any atom is -0.461 e. The third-order valence-corrected chi connectivity index (χ3v) is 2.79. The Labute approximate surface area is 112 Å². The van der Waals surface area contributed by atoms with Crippen LogP contribution in [-0.2, 0) is 11.2 Å². The van der Waals surface area contributed by atoms with Crippen molar-refractivity contribution < 1.29 is 9.53 Å². The quantitative estimate of drug-likeness (QED) is 0.791. The van der Waals surface area contributed by atoms with Crippen molar-refractivity contribution in [1.82, 2.24) is 14.8 Å². The smallest absolute Gasteiger partial charge is 0.357 e. The molecule has 0 aliphatic rings. The van der Waals surface area contributed by atoms with Crippen molar-refractivity contribution in [2.45, 2.75) is 27.2 Å². The molecule has 0 unspecified atom stereocenters. The average Bonchev–Trinajstić information content (AvgIpc) is 2.83. The molecule has 0 aliphatic heterocycles. The highest BCUT2D eigenvalue weighted by Crippen LogP contribution is 2.15. The van der Waals surface area contributed by atoms with Crippen LogP contribution in [0.1, 0.15) is 35.6 Å². The number of carbonyl (C=O) groups is 1. The second-order valence-corrected chi connectivity index (χ2v) is 4.15. The molecule has 5 nitrogen and oxygen atoms in total. The van der Waals surface area contributed by atoms with E-state index >= 15 is 0 Å². The minimum atomic E-state index is -0.375. The Balaban J connectivity index is 2.53. The Morgan fingerprint density at radius 2 is 2.21 bits per heavy atom. The summed E-state index contributed by atoms with van der Waals surface area (Å²) in [6, 6.07) is 5.55. The van der Waals surface area contributed by atoms with Crippen molar-refractivity contribution in [2.24, 2.45) is 0 Å². The molecule has 0 aromatic carbocycles. The third-order valence-electron chi connectivity index (χ3n) is 2.79. The first-order chi connectivity index (χ1) is 9.17. The Bertz CT molecular complexity index is 590. The molecule has 2 aromatic heterocycles. The highest BCUT2D eigenvalue weighted by atomic mass is 16.5. The van der Waals surface area contributed by atoms with Crippen molar-refractivity contribution >= 4 is 5.97 Å². The van der Waals surface area contributed by atoms with E-state index in [0.29, 0.717) is 18.1 Å². The van der Waals surface area contributed by atoms with Crippen molar-refractivity contribution in [1.29, 1.82) is 0 Å². The number of ether oxygens (including phenoxy) is 1. The van der Waals surface area contributed by atoms with Gasteiger partial charge in [0, 0.05) is 6.20 Å². The van der Waals surface area contributed by atoms with Gasteiger partial charge in [0.15, 0.2) is 11.5 Å². The van der Waals surface area contributed by atoms with Gasteiger partial charge in [-0.3, -0.25) is 0 Å². The Hall–Kier alpha value is -2.17. The van der Waals surface area contributed by atoms with Gasteiger partial charge < -0.3 is 4.74 Å². The fraction of sp³-hybridized carbons (Fsp3) is 0.357. The molecule has 0 N–H and O–H groups in total. The summed E-state index contributed by atoms with van der Waals surface area (Å²) in [6.07, 6.45) is 2.44. The second-order valence-electron chi connectivity index (χ2n) is 4.15. The maximum atomic E-state index is 12.0. The van der Waals surface area contributed by atoms with Gasteiger partial charge in [0.05, 0.1) is 12.3 Å². The number of esters is 1. The summed E-state index contributed by atoms with van der Waals surface area (Å²) in [5.41, 5.74) is 2.22. The van der Waals surface area contributed by atoms with Gasteiger partial charge in [-0.1, -0.05) is 13.0 Å². The summed E-state index contributed by atoms with van der Waals surface area (Å²) in [4.78, 5) is 16.3. The fourth-order valence-electron chi connectivity index (χ4n) is 1.81. The van der Waals surface area contributed by atoms with Gasteiger partial charge in [0.1, 0.15) is 0 Å². The van der Waals surface area contributed by atoms with Crippen LogP contribution in [0.4, 0.5) is 0 Å². The molecule has 0 saturated carbocycles. The first kappa shape index (κ1) is 13.3. The lowest BCUT2D eigenvalue weighted by Gasteiger charge is -2.08. The molecule has 0 saturated heterocycles. The highest BCUT2D eigenvalue weighted by Gasteiger charge is 2.18. The third kappa shape index (κ3) is 2.65. The lowest BCUT2D eigenvalue weighted by atomic mass is 10.3. The SMILES string of the molecule is CCOC(=O)c1cc(CC)nn1-c1ncccc1C. The van der Waals surface area contributed by atoms with Gasteiger partial charge in [0.25, 0.3) is 0 Å². The molecule has 0 aliphatic carbocycles. The van der Waals surface area contributed by atoms with E-state index in [2.05, 4.69) is 10.1 Å². The van der Waals surface area contributed by atoms with E-state index in [1.807, 2.05) is 26.0 Å². The van der Waals surface area contributed by atoms with Gasteiger partial charge in [-0.25, -0.2) is 14.5 Å². The first-order valence-corrected chi connectivity index (χ1v) is 6.35. The van der Waals surface area contributed by atoms with Gasteiger partial charge in [-0.2, -0.15) is 5.10 Å². The van der Waals surface area contributed by atoms with Crippen LogP contribution >= 0.6 is 0 Å². The number of carbonyl (C=O) groups excluding carboxylic acids is 1. The predicted molar refractivity (Wildman–Crippen MR) is 71.4 cm³/mol. The molecule has 2 rings (SSSR count). The van der Waals surface area contributed by atoms with Crippen LogP contribution in [0.5, 0.6) is 0 Å². The van der Waals surface area contributed by atoms with Crippen molar-refractivity contribution in [2.75, 3.05) is 6.61 Å². The monoisotopic (exact) mass is 259 g/mol. The molecule has 0 bridgehead atoms. The maximum Gasteiger partial charge on any atom is 0.357 e. The molecular weight excluding hydrogens is 242 g/mol. The number of aryl methyl sites for hydroxylation is 2. The normalized spacial score (nSPS) is 10.5. The predicted octanol–water partition coefficient (Wildman–Crippen LogP) is 2.31. The summed E-state index contributed by atoms with van der Waals surface area (Å²) in [5, 5.41) is 4.42. The van der Waals surface area contributed by atoms with Crippen molar-refractivity contribution in [3.63, 3.8) is 0 Å².